The molecule has 0 saturated heterocycles. The Labute approximate surface area is 127 Å². The van der Waals surface area contributed by atoms with Crippen molar-refractivity contribution in [1.82, 2.24) is 5.32 Å². The second kappa shape index (κ2) is 8.38. The Hall–Kier alpha value is -0.930. The SMILES string of the molecule is CCNC(c1cc(OC)c(OC)cc1Cl)C(CC)CC. The van der Waals surface area contributed by atoms with E-state index in [-0.39, 0.29) is 6.04 Å². The Morgan fingerprint density at radius 2 is 1.60 bits per heavy atom. The highest BCUT2D eigenvalue weighted by atomic mass is 35.5. The molecule has 0 fully saturated rings. The van der Waals surface area contributed by atoms with Gasteiger partial charge in [0.05, 0.1) is 14.2 Å². The molecule has 0 aliphatic rings. The summed E-state index contributed by atoms with van der Waals surface area (Å²) in [6.45, 7) is 7.45. The molecule has 0 radical (unpaired) electrons. The van der Waals surface area contributed by atoms with Gasteiger partial charge < -0.3 is 14.8 Å². The number of hydrogen-bond donors (Lipinski definition) is 1. The average molecular weight is 300 g/mol. The van der Waals surface area contributed by atoms with Gasteiger partial charge in [0, 0.05) is 17.1 Å². The lowest BCUT2D eigenvalue weighted by Crippen LogP contribution is -2.28. The summed E-state index contributed by atoms with van der Waals surface area (Å²) in [5, 5.41) is 4.27. The van der Waals surface area contributed by atoms with Crippen molar-refractivity contribution in [3.63, 3.8) is 0 Å². The van der Waals surface area contributed by atoms with E-state index in [0.717, 1.165) is 35.7 Å². The van der Waals surface area contributed by atoms with Crippen LogP contribution >= 0.6 is 11.6 Å². The van der Waals surface area contributed by atoms with Crippen LogP contribution in [0.5, 0.6) is 11.5 Å². The molecule has 3 nitrogen and oxygen atoms in total. The molecule has 1 aromatic rings. The quantitative estimate of drug-likeness (QED) is 0.769. The van der Waals surface area contributed by atoms with E-state index in [9.17, 15) is 0 Å². The van der Waals surface area contributed by atoms with Crippen LogP contribution in [-0.2, 0) is 0 Å². The number of rotatable bonds is 8. The third-order valence-corrected chi connectivity index (χ3v) is 4.11. The summed E-state index contributed by atoms with van der Waals surface area (Å²) in [5.41, 5.74) is 1.08. The predicted molar refractivity (Wildman–Crippen MR) is 85.0 cm³/mol. The minimum atomic E-state index is 0.238. The third-order valence-electron chi connectivity index (χ3n) is 3.78. The van der Waals surface area contributed by atoms with Crippen molar-refractivity contribution < 1.29 is 9.47 Å². The van der Waals surface area contributed by atoms with E-state index in [4.69, 9.17) is 21.1 Å². The largest absolute Gasteiger partial charge is 0.493 e. The second-order valence-electron chi connectivity index (χ2n) is 4.84. The van der Waals surface area contributed by atoms with E-state index in [1.165, 1.54) is 0 Å². The maximum absolute atomic E-state index is 6.45. The molecule has 0 heterocycles. The van der Waals surface area contributed by atoms with Gasteiger partial charge in [-0.2, -0.15) is 0 Å². The number of halogens is 1. The third kappa shape index (κ3) is 3.80. The molecule has 0 aliphatic carbocycles. The van der Waals surface area contributed by atoms with Crippen molar-refractivity contribution in [2.24, 2.45) is 5.92 Å². The molecule has 0 spiro atoms. The molecular formula is C16H26ClNO2. The monoisotopic (exact) mass is 299 g/mol. The molecule has 0 aliphatic heterocycles. The van der Waals surface area contributed by atoms with Crippen molar-refractivity contribution in [1.29, 1.82) is 0 Å². The van der Waals surface area contributed by atoms with Crippen molar-refractivity contribution in [3.8, 4) is 11.5 Å². The fourth-order valence-corrected chi connectivity index (χ4v) is 2.89. The number of benzene rings is 1. The first-order valence-electron chi connectivity index (χ1n) is 7.27. The molecule has 0 saturated carbocycles. The summed E-state index contributed by atoms with van der Waals surface area (Å²) in [4.78, 5) is 0. The smallest absolute Gasteiger partial charge is 0.162 e. The van der Waals surface area contributed by atoms with Gasteiger partial charge in [-0.1, -0.05) is 45.2 Å². The fraction of sp³-hybridized carbons (Fsp3) is 0.625. The summed E-state index contributed by atoms with van der Waals surface area (Å²) in [5.74, 6) is 1.94. The van der Waals surface area contributed by atoms with Gasteiger partial charge in [0.25, 0.3) is 0 Å². The summed E-state index contributed by atoms with van der Waals surface area (Å²) in [6.07, 6.45) is 2.22. The van der Waals surface area contributed by atoms with Crippen LogP contribution in [0.15, 0.2) is 12.1 Å². The predicted octanol–water partition coefficient (Wildman–Crippen LogP) is 4.44. The Kier molecular flexibility index (Phi) is 7.17. The molecule has 1 atom stereocenters. The van der Waals surface area contributed by atoms with E-state index in [1.807, 2.05) is 12.1 Å². The van der Waals surface area contributed by atoms with Crippen LogP contribution in [-0.4, -0.2) is 20.8 Å². The van der Waals surface area contributed by atoms with Crippen LogP contribution in [0, 0.1) is 5.92 Å². The van der Waals surface area contributed by atoms with Crippen molar-refractivity contribution in [2.45, 2.75) is 39.7 Å². The van der Waals surface area contributed by atoms with Crippen LogP contribution in [0.25, 0.3) is 0 Å². The van der Waals surface area contributed by atoms with Crippen LogP contribution in [0.1, 0.15) is 45.2 Å². The Balaban J connectivity index is 3.25. The Morgan fingerprint density at radius 1 is 1.05 bits per heavy atom. The van der Waals surface area contributed by atoms with E-state index in [2.05, 4.69) is 26.1 Å². The number of nitrogens with one attached hydrogen (secondary N) is 1. The molecule has 20 heavy (non-hydrogen) atoms. The summed E-state index contributed by atoms with van der Waals surface area (Å²) in [6, 6.07) is 4.07. The van der Waals surface area contributed by atoms with E-state index < -0.39 is 0 Å². The molecule has 1 aromatic carbocycles. The number of hydrogen-bond acceptors (Lipinski definition) is 3. The lowest BCUT2D eigenvalue weighted by atomic mass is 9.88. The zero-order valence-corrected chi connectivity index (χ0v) is 13.9. The molecule has 0 aromatic heterocycles. The zero-order chi connectivity index (χ0) is 15.1. The van der Waals surface area contributed by atoms with Crippen LogP contribution in [0.4, 0.5) is 0 Å². The number of methoxy groups -OCH3 is 2. The van der Waals surface area contributed by atoms with Crippen LogP contribution in [0.2, 0.25) is 5.02 Å². The Bertz CT molecular complexity index is 419. The molecule has 0 bridgehead atoms. The topological polar surface area (TPSA) is 30.5 Å². The first-order chi connectivity index (χ1) is 9.62. The van der Waals surface area contributed by atoms with Crippen molar-refractivity contribution >= 4 is 11.6 Å². The highest BCUT2D eigenvalue weighted by molar-refractivity contribution is 6.31. The molecule has 1 rings (SSSR count). The van der Waals surface area contributed by atoms with E-state index >= 15 is 0 Å². The molecule has 0 amide bonds. The molecule has 1 N–H and O–H groups in total. The van der Waals surface area contributed by atoms with E-state index in [0.29, 0.717) is 11.7 Å². The van der Waals surface area contributed by atoms with Gasteiger partial charge in [-0.3, -0.25) is 0 Å². The standard InChI is InChI=1S/C16H26ClNO2/c1-6-11(7-2)16(18-8-3)12-9-14(19-4)15(20-5)10-13(12)17/h9-11,16,18H,6-8H2,1-5H3. The molecule has 4 heteroatoms. The molecule has 1 unspecified atom stereocenters. The average Bonchev–Trinajstić information content (AvgIpc) is 2.47. The lowest BCUT2D eigenvalue weighted by Gasteiger charge is -2.28. The van der Waals surface area contributed by atoms with Crippen LogP contribution < -0.4 is 14.8 Å². The van der Waals surface area contributed by atoms with Gasteiger partial charge in [0.1, 0.15) is 0 Å². The summed E-state index contributed by atoms with van der Waals surface area (Å²) >= 11 is 6.45. The highest BCUT2D eigenvalue weighted by Gasteiger charge is 2.23. The van der Waals surface area contributed by atoms with Crippen LogP contribution in [0.3, 0.4) is 0 Å². The van der Waals surface area contributed by atoms with E-state index in [1.54, 1.807) is 14.2 Å². The summed E-state index contributed by atoms with van der Waals surface area (Å²) < 4.78 is 10.7. The normalized spacial score (nSPS) is 12.6. The lowest BCUT2D eigenvalue weighted by molar-refractivity contribution is 0.337. The minimum absolute atomic E-state index is 0.238. The van der Waals surface area contributed by atoms with Gasteiger partial charge in [-0.25, -0.2) is 0 Å². The summed E-state index contributed by atoms with van der Waals surface area (Å²) in [7, 11) is 3.27. The second-order valence-corrected chi connectivity index (χ2v) is 5.25. The van der Waals surface area contributed by atoms with Gasteiger partial charge in [0.15, 0.2) is 11.5 Å². The first-order valence-corrected chi connectivity index (χ1v) is 7.65. The maximum Gasteiger partial charge on any atom is 0.162 e. The molecular weight excluding hydrogens is 274 g/mol. The highest BCUT2D eigenvalue weighted by Crippen LogP contribution is 2.39. The van der Waals surface area contributed by atoms with Crippen molar-refractivity contribution in [2.75, 3.05) is 20.8 Å². The maximum atomic E-state index is 6.45. The Morgan fingerprint density at radius 3 is 2.05 bits per heavy atom. The first kappa shape index (κ1) is 17.1. The van der Waals surface area contributed by atoms with Gasteiger partial charge in [-0.05, 0) is 24.1 Å². The minimum Gasteiger partial charge on any atom is -0.493 e. The van der Waals surface area contributed by atoms with Gasteiger partial charge in [-0.15, -0.1) is 0 Å². The fourth-order valence-electron chi connectivity index (χ4n) is 2.62. The zero-order valence-electron chi connectivity index (χ0n) is 13.1. The van der Waals surface area contributed by atoms with Gasteiger partial charge in [0.2, 0.25) is 0 Å². The van der Waals surface area contributed by atoms with Crippen molar-refractivity contribution in [3.05, 3.63) is 22.7 Å². The van der Waals surface area contributed by atoms with Gasteiger partial charge >= 0.3 is 0 Å². The number of ether oxygens (including phenoxy) is 2. The molecule has 114 valence electrons.